The van der Waals surface area contributed by atoms with Crippen molar-refractivity contribution in [3.05, 3.63) is 22.5 Å². The van der Waals surface area contributed by atoms with Crippen molar-refractivity contribution in [2.75, 3.05) is 12.4 Å². The number of anilines is 1. The van der Waals surface area contributed by atoms with Crippen LogP contribution in [0.4, 0.5) is 5.82 Å². The van der Waals surface area contributed by atoms with E-state index in [1.54, 1.807) is 7.05 Å². The first kappa shape index (κ1) is 5.81. The number of aromatic nitrogens is 2. The van der Waals surface area contributed by atoms with Crippen LogP contribution in [-0.2, 0) is 0 Å². The SMILES string of the molecule is CNc1n[nH]ccc1=O. The van der Waals surface area contributed by atoms with E-state index in [-0.39, 0.29) is 5.43 Å². The first-order chi connectivity index (χ1) is 4.34. The Balaban J connectivity index is 3.16. The zero-order chi connectivity index (χ0) is 6.69. The molecule has 0 radical (unpaired) electrons. The lowest BCUT2D eigenvalue weighted by molar-refractivity contribution is 1.02. The zero-order valence-electron chi connectivity index (χ0n) is 5.01. The molecule has 1 aromatic heterocycles. The van der Waals surface area contributed by atoms with Crippen molar-refractivity contribution in [2.45, 2.75) is 0 Å². The van der Waals surface area contributed by atoms with Gasteiger partial charge >= 0.3 is 0 Å². The molecule has 2 N–H and O–H groups in total. The Bertz CT molecular complexity index is 242. The number of aromatic amines is 1. The van der Waals surface area contributed by atoms with Gasteiger partial charge in [-0.1, -0.05) is 0 Å². The van der Waals surface area contributed by atoms with E-state index in [2.05, 4.69) is 15.5 Å². The summed E-state index contributed by atoms with van der Waals surface area (Å²) in [6.45, 7) is 0. The Labute approximate surface area is 51.9 Å². The minimum Gasteiger partial charge on any atom is -0.368 e. The van der Waals surface area contributed by atoms with Crippen LogP contribution < -0.4 is 10.7 Å². The van der Waals surface area contributed by atoms with Crippen molar-refractivity contribution in [1.82, 2.24) is 10.2 Å². The highest BCUT2D eigenvalue weighted by Crippen LogP contribution is 1.83. The summed E-state index contributed by atoms with van der Waals surface area (Å²) in [6, 6.07) is 1.42. The largest absolute Gasteiger partial charge is 0.368 e. The Morgan fingerprint density at radius 2 is 2.56 bits per heavy atom. The van der Waals surface area contributed by atoms with Crippen LogP contribution in [0.25, 0.3) is 0 Å². The van der Waals surface area contributed by atoms with Crippen molar-refractivity contribution < 1.29 is 0 Å². The number of H-pyrrole nitrogens is 1. The maximum absolute atomic E-state index is 10.7. The molecule has 0 unspecified atom stereocenters. The molecule has 9 heavy (non-hydrogen) atoms. The van der Waals surface area contributed by atoms with Crippen LogP contribution in [0.1, 0.15) is 0 Å². The number of rotatable bonds is 1. The average Bonchev–Trinajstić information content (AvgIpc) is 1.89. The minimum absolute atomic E-state index is 0.101. The summed E-state index contributed by atoms with van der Waals surface area (Å²) in [4.78, 5) is 10.7. The number of nitrogens with zero attached hydrogens (tertiary/aromatic N) is 1. The molecule has 1 aromatic rings. The molecule has 0 aliphatic rings. The monoisotopic (exact) mass is 125 g/mol. The molecule has 0 aliphatic heterocycles. The topological polar surface area (TPSA) is 57.8 Å². The zero-order valence-corrected chi connectivity index (χ0v) is 5.01. The highest BCUT2D eigenvalue weighted by molar-refractivity contribution is 5.29. The minimum atomic E-state index is -0.101. The van der Waals surface area contributed by atoms with Gasteiger partial charge in [-0.25, -0.2) is 0 Å². The lowest BCUT2D eigenvalue weighted by Crippen LogP contribution is -2.09. The van der Waals surface area contributed by atoms with Gasteiger partial charge in [0.05, 0.1) is 0 Å². The summed E-state index contributed by atoms with van der Waals surface area (Å²) in [7, 11) is 1.65. The van der Waals surface area contributed by atoms with Gasteiger partial charge in [0, 0.05) is 19.3 Å². The van der Waals surface area contributed by atoms with Gasteiger partial charge in [-0.3, -0.25) is 9.89 Å². The molecule has 1 rings (SSSR count). The summed E-state index contributed by atoms with van der Waals surface area (Å²) in [6.07, 6.45) is 1.49. The Morgan fingerprint density at radius 3 is 3.00 bits per heavy atom. The Morgan fingerprint density at radius 1 is 1.78 bits per heavy atom. The normalized spacial score (nSPS) is 9.00. The molecular weight excluding hydrogens is 118 g/mol. The van der Waals surface area contributed by atoms with Gasteiger partial charge in [-0.05, 0) is 0 Å². The molecule has 0 saturated carbocycles. The van der Waals surface area contributed by atoms with Crippen LogP contribution in [0, 0.1) is 0 Å². The van der Waals surface area contributed by atoms with Crippen molar-refractivity contribution in [3.8, 4) is 0 Å². The van der Waals surface area contributed by atoms with Crippen LogP contribution in [0.5, 0.6) is 0 Å². The highest BCUT2D eigenvalue weighted by atomic mass is 16.1. The van der Waals surface area contributed by atoms with E-state index >= 15 is 0 Å². The number of nitrogens with one attached hydrogen (secondary N) is 2. The summed E-state index contributed by atoms with van der Waals surface area (Å²) in [5.74, 6) is 0.345. The quantitative estimate of drug-likeness (QED) is 0.547. The van der Waals surface area contributed by atoms with Gasteiger partial charge in [-0.15, -0.1) is 0 Å². The molecule has 4 nitrogen and oxygen atoms in total. The predicted octanol–water partition coefficient (Wildman–Crippen LogP) is -0.188. The number of hydrogen-bond donors (Lipinski definition) is 2. The lowest BCUT2D eigenvalue weighted by Gasteiger charge is -1.91. The second kappa shape index (κ2) is 2.30. The van der Waals surface area contributed by atoms with E-state index in [0.29, 0.717) is 5.82 Å². The molecule has 4 heteroatoms. The standard InChI is InChI=1S/C5H7N3O/c1-6-5-4(9)2-3-7-8-5/h2-3H,1H3,(H,6,8)(H,7,9). The Kier molecular flexibility index (Phi) is 1.48. The third-order valence-corrected chi connectivity index (χ3v) is 0.956. The molecule has 0 spiro atoms. The smallest absolute Gasteiger partial charge is 0.224 e. The van der Waals surface area contributed by atoms with E-state index in [9.17, 15) is 4.79 Å². The predicted molar refractivity (Wildman–Crippen MR) is 34.4 cm³/mol. The van der Waals surface area contributed by atoms with Crippen LogP contribution in [0.2, 0.25) is 0 Å². The molecule has 0 saturated heterocycles. The van der Waals surface area contributed by atoms with Gasteiger partial charge in [0.25, 0.3) is 0 Å². The van der Waals surface area contributed by atoms with Gasteiger partial charge in [0.1, 0.15) is 0 Å². The van der Waals surface area contributed by atoms with Crippen molar-refractivity contribution in [3.63, 3.8) is 0 Å². The van der Waals surface area contributed by atoms with Gasteiger partial charge in [0.2, 0.25) is 5.43 Å². The fourth-order valence-corrected chi connectivity index (χ4v) is 0.528. The van der Waals surface area contributed by atoms with Crippen LogP contribution in [0.3, 0.4) is 0 Å². The van der Waals surface area contributed by atoms with Crippen LogP contribution >= 0.6 is 0 Å². The molecule has 48 valence electrons. The van der Waals surface area contributed by atoms with Crippen molar-refractivity contribution >= 4 is 5.82 Å². The Hall–Kier alpha value is -1.32. The average molecular weight is 125 g/mol. The summed E-state index contributed by atoms with van der Waals surface area (Å²) < 4.78 is 0. The first-order valence-electron chi connectivity index (χ1n) is 2.56. The maximum Gasteiger partial charge on any atom is 0.224 e. The highest BCUT2D eigenvalue weighted by Gasteiger charge is 1.91. The first-order valence-corrected chi connectivity index (χ1v) is 2.56. The molecule has 0 fully saturated rings. The van der Waals surface area contributed by atoms with E-state index in [4.69, 9.17) is 0 Å². The molecular formula is C5H7N3O. The molecule has 0 amide bonds. The second-order valence-corrected chi connectivity index (χ2v) is 1.54. The van der Waals surface area contributed by atoms with Gasteiger partial charge in [0.15, 0.2) is 5.82 Å². The fraction of sp³-hybridized carbons (Fsp3) is 0.200. The van der Waals surface area contributed by atoms with E-state index < -0.39 is 0 Å². The van der Waals surface area contributed by atoms with Crippen LogP contribution in [0.15, 0.2) is 17.1 Å². The van der Waals surface area contributed by atoms with E-state index in [1.807, 2.05) is 0 Å². The van der Waals surface area contributed by atoms with Crippen LogP contribution in [-0.4, -0.2) is 17.2 Å². The molecule has 0 aromatic carbocycles. The summed E-state index contributed by atoms with van der Waals surface area (Å²) in [5.41, 5.74) is -0.101. The van der Waals surface area contributed by atoms with E-state index in [1.165, 1.54) is 12.3 Å². The third-order valence-electron chi connectivity index (χ3n) is 0.956. The molecule has 0 atom stereocenters. The van der Waals surface area contributed by atoms with E-state index in [0.717, 1.165) is 0 Å². The molecule has 0 bridgehead atoms. The van der Waals surface area contributed by atoms with Gasteiger partial charge in [-0.2, -0.15) is 5.10 Å². The molecule has 0 aliphatic carbocycles. The summed E-state index contributed by atoms with van der Waals surface area (Å²) in [5, 5.41) is 8.83. The summed E-state index contributed by atoms with van der Waals surface area (Å²) >= 11 is 0. The maximum atomic E-state index is 10.7. The van der Waals surface area contributed by atoms with Gasteiger partial charge < -0.3 is 5.32 Å². The number of hydrogen-bond acceptors (Lipinski definition) is 3. The fourth-order valence-electron chi connectivity index (χ4n) is 0.528. The van der Waals surface area contributed by atoms with Crippen molar-refractivity contribution in [2.24, 2.45) is 0 Å². The third kappa shape index (κ3) is 1.07. The van der Waals surface area contributed by atoms with Crippen molar-refractivity contribution in [1.29, 1.82) is 0 Å². The molecule has 1 heterocycles. The lowest BCUT2D eigenvalue weighted by atomic mass is 10.5. The second-order valence-electron chi connectivity index (χ2n) is 1.54.